The summed E-state index contributed by atoms with van der Waals surface area (Å²) in [5, 5.41) is 13.4. The van der Waals surface area contributed by atoms with Crippen molar-refractivity contribution in [1.29, 1.82) is 0 Å². The molecule has 0 bridgehead atoms. The Kier molecular flexibility index (Phi) is 4.94. The Morgan fingerprint density at radius 1 is 1.13 bits per heavy atom. The minimum absolute atomic E-state index is 0.0691. The molecule has 3 heterocycles. The zero-order chi connectivity index (χ0) is 21.5. The Labute approximate surface area is 183 Å². The lowest BCUT2D eigenvalue weighted by Crippen LogP contribution is -2.16. The van der Waals surface area contributed by atoms with Gasteiger partial charge in [0.05, 0.1) is 11.3 Å². The van der Waals surface area contributed by atoms with Crippen molar-refractivity contribution >= 4 is 39.9 Å². The normalized spacial score (nSPS) is 12.6. The van der Waals surface area contributed by atoms with E-state index in [0.717, 1.165) is 51.1 Å². The average molecular weight is 435 g/mol. The van der Waals surface area contributed by atoms with Crippen LogP contribution in [0.1, 0.15) is 23.6 Å². The first-order chi connectivity index (χ1) is 15.0. The second kappa shape index (κ2) is 7.77. The summed E-state index contributed by atoms with van der Waals surface area (Å²) in [6.45, 7) is 6.31. The van der Waals surface area contributed by atoms with Crippen LogP contribution in [0.3, 0.4) is 0 Å². The SMILES string of the molecule is CCc1cccc(C)c1NC(=O)CSc1nnc2c(C)cc3cc4c(cc3n12)OCO4. The van der Waals surface area contributed by atoms with E-state index < -0.39 is 0 Å². The van der Waals surface area contributed by atoms with Crippen LogP contribution in [0.15, 0.2) is 41.6 Å². The Morgan fingerprint density at radius 2 is 1.94 bits per heavy atom. The van der Waals surface area contributed by atoms with Gasteiger partial charge < -0.3 is 14.8 Å². The number of rotatable bonds is 5. The van der Waals surface area contributed by atoms with Crippen LogP contribution in [-0.2, 0) is 11.2 Å². The van der Waals surface area contributed by atoms with Crippen molar-refractivity contribution in [3.63, 3.8) is 0 Å². The molecule has 5 rings (SSSR count). The van der Waals surface area contributed by atoms with Crippen LogP contribution < -0.4 is 14.8 Å². The lowest BCUT2D eigenvalue weighted by Gasteiger charge is -2.13. The van der Waals surface area contributed by atoms with Crippen molar-refractivity contribution in [3.8, 4) is 11.5 Å². The molecule has 158 valence electrons. The molecule has 2 aromatic carbocycles. The van der Waals surface area contributed by atoms with Gasteiger partial charge in [0.2, 0.25) is 12.7 Å². The van der Waals surface area contributed by atoms with Gasteiger partial charge in [-0.2, -0.15) is 0 Å². The summed E-state index contributed by atoms with van der Waals surface area (Å²) in [6, 6.07) is 12.0. The summed E-state index contributed by atoms with van der Waals surface area (Å²) in [5.74, 6) is 1.60. The summed E-state index contributed by atoms with van der Waals surface area (Å²) in [7, 11) is 0. The molecule has 4 aromatic rings. The number of hydrogen-bond acceptors (Lipinski definition) is 6. The number of fused-ring (bicyclic) bond motifs is 4. The third-order valence-corrected chi connectivity index (χ3v) is 6.39. The number of carbonyl (C=O) groups is 1. The molecule has 1 aliphatic heterocycles. The number of aryl methyl sites for hydroxylation is 3. The largest absolute Gasteiger partial charge is 0.454 e. The molecule has 0 saturated heterocycles. The van der Waals surface area contributed by atoms with Crippen LogP contribution in [0.2, 0.25) is 0 Å². The second-order valence-corrected chi connectivity index (χ2v) is 8.48. The van der Waals surface area contributed by atoms with Crippen molar-refractivity contribution in [3.05, 3.63) is 53.1 Å². The van der Waals surface area contributed by atoms with Gasteiger partial charge in [0.25, 0.3) is 0 Å². The van der Waals surface area contributed by atoms with Gasteiger partial charge >= 0.3 is 0 Å². The Hall–Kier alpha value is -3.26. The molecule has 31 heavy (non-hydrogen) atoms. The van der Waals surface area contributed by atoms with Gasteiger partial charge in [0, 0.05) is 17.1 Å². The molecule has 0 radical (unpaired) electrons. The minimum Gasteiger partial charge on any atom is -0.454 e. The predicted octanol–water partition coefficient (Wildman–Crippen LogP) is 4.52. The van der Waals surface area contributed by atoms with E-state index in [-0.39, 0.29) is 18.5 Å². The molecule has 1 amide bonds. The lowest BCUT2D eigenvalue weighted by molar-refractivity contribution is -0.113. The van der Waals surface area contributed by atoms with E-state index in [4.69, 9.17) is 9.47 Å². The van der Waals surface area contributed by atoms with Gasteiger partial charge in [0.1, 0.15) is 0 Å². The number of pyridine rings is 1. The molecular formula is C23H22N4O3S. The fraction of sp³-hybridized carbons (Fsp3) is 0.261. The molecular weight excluding hydrogens is 412 g/mol. The summed E-state index contributed by atoms with van der Waals surface area (Å²) < 4.78 is 13.0. The van der Waals surface area contributed by atoms with Crippen molar-refractivity contribution in [2.75, 3.05) is 17.9 Å². The maximum atomic E-state index is 12.7. The maximum Gasteiger partial charge on any atom is 0.234 e. The van der Waals surface area contributed by atoms with Crippen molar-refractivity contribution in [2.45, 2.75) is 32.3 Å². The van der Waals surface area contributed by atoms with Crippen LogP contribution in [-0.4, -0.2) is 33.1 Å². The molecule has 1 aliphatic rings. The third kappa shape index (κ3) is 3.46. The topological polar surface area (TPSA) is 77.8 Å². The highest BCUT2D eigenvalue weighted by Crippen LogP contribution is 2.37. The monoisotopic (exact) mass is 434 g/mol. The maximum absolute atomic E-state index is 12.7. The van der Waals surface area contributed by atoms with Crippen molar-refractivity contribution in [1.82, 2.24) is 14.6 Å². The van der Waals surface area contributed by atoms with E-state index in [1.807, 2.05) is 48.6 Å². The Balaban J connectivity index is 1.45. The van der Waals surface area contributed by atoms with Crippen LogP contribution in [0.5, 0.6) is 11.5 Å². The number of benzene rings is 2. The average Bonchev–Trinajstić information content (AvgIpc) is 3.39. The molecule has 0 spiro atoms. The predicted molar refractivity (Wildman–Crippen MR) is 121 cm³/mol. The Bertz CT molecular complexity index is 1330. The van der Waals surface area contributed by atoms with E-state index >= 15 is 0 Å². The van der Waals surface area contributed by atoms with Gasteiger partial charge in [0.15, 0.2) is 22.3 Å². The molecule has 2 aromatic heterocycles. The molecule has 7 nitrogen and oxygen atoms in total. The molecule has 8 heteroatoms. The van der Waals surface area contributed by atoms with Crippen LogP contribution >= 0.6 is 11.8 Å². The summed E-state index contributed by atoms with van der Waals surface area (Å²) in [5.41, 5.74) is 5.78. The van der Waals surface area contributed by atoms with Gasteiger partial charge in [-0.15, -0.1) is 10.2 Å². The first kappa shape index (κ1) is 19.7. The van der Waals surface area contributed by atoms with Crippen LogP contribution in [0, 0.1) is 13.8 Å². The van der Waals surface area contributed by atoms with E-state index in [2.05, 4.69) is 28.5 Å². The molecule has 0 fully saturated rings. The number of anilines is 1. The van der Waals surface area contributed by atoms with Crippen LogP contribution in [0.4, 0.5) is 5.69 Å². The molecule has 1 N–H and O–H groups in total. The fourth-order valence-corrected chi connectivity index (χ4v) is 4.64. The van der Waals surface area contributed by atoms with E-state index in [1.165, 1.54) is 11.8 Å². The lowest BCUT2D eigenvalue weighted by atomic mass is 10.1. The van der Waals surface area contributed by atoms with E-state index in [1.54, 1.807) is 0 Å². The standard InChI is InChI=1S/C23H22N4O3S/c1-4-15-7-5-6-13(2)21(15)24-20(28)11-31-23-26-25-22-14(3)8-16-9-18-19(30-12-29-18)10-17(16)27(22)23/h5-10H,4,11-12H2,1-3H3,(H,24,28). The van der Waals surface area contributed by atoms with Gasteiger partial charge in [-0.1, -0.05) is 36.9 Å². The number of hydrogen-bond donors (Lipinski definition) is 1. The zero-order valence-electron chi connectivity index (χ0n) is 17.6. The highest BCUT2D eigenvalue weighted by molar-refractivity contribution is 7.99. The zero-order valence-corrected chi connectivity index (χ0v) is 18.4. The number of nitrogens with one attached hydrogen (secondary N) is 1. The number of aromatic nitrogens is 3. The summed E-state index contributed by atoms with van der Waals surface area (Å²) >= 11 is 1.37. The highest BCUT2D eigenvalue weighted by atomic mass is 32.2. The molecule has 0 aliphatic carbocycles. The smallest absolute Gasteiger partial charge is 0.234 e. The number of carbonyl (C=O) groups excluding carboxylic acids is 1. The van der Waals surface area contributed by atoms with Crippen molar-refractivity contribution < 1.29 is 14.3 Å². The summed E-state index contributed by atoms with van der Waals surface area (Å²) in [6.07, 6.45) is 0.862. The number of thioether (sulfide) groups is 1. The molecule has 0 atom stereocenters. The number of amides is 1. The summed E-state index contributed by atoms with van der Waals surface area (Å²) in [4.78, 5) is 12.7. The van der Waals surface area contributed by atoms with E-state index in [9.17, 15) is 4.79 Å². The first-order valence-electron chi connectivity index (χ1n) is 10.1. The van der Waals surface area contributed by atoms with Gasteiger partial charge in [-0.25, -0.2) is 0 Å². The number of para-hydroxylation sites is 1. The minimum atomic E-state index is -0.0691. The Morgan fingerprint density at radius 3 is 2.74 bits per heavy atom. The van der Waals surface area contributed by atoms with Gasteiger partial charge in [-0.05, 0) is 49.1 Å². The second-order valence-electron chi connectivity index (χ2n) is 7.53. The van der Waals surface area contributed by atoms with Gasteiger partial charge in [-0.3, -0.25) is 9.20 Å². The molecule has 0 saturated carbocycles. The molecule has 0 unspecified atom stereocenters. The third-order valence-electron chi connectivity index (χ3n) is 5.46. The van der Waals surface area contributed by atoms with E-state index in [0.29, 0.717) is 10.9 Å². The highest BCUT2D eigenvalue weighted by Gasteiger charge is 2.19. The quantitative estimate of drug-likeness (QED) is 0.465. The van der Waals surface area contributed by atoms with Crippen molar-refractivity contribution in [2.24, 2.45) is 0 Å². The number of ether oxygens (including phenoxy) is 2. The fourth-order valence-electron chi connectivity index (χ4n) is 3.90. The van der Waals surface area contributed by atoms with Crippen LogP contribution in [0.25, 0.3) is 16.6 Å². The first-order valence-corrected chi connectivity index (χ1v) is 11.1. The number of nitrogens with zero attached hydrogens (tertiary/aromatic N) is 3.